The number of carbonyl (C=O) groups is 1. The predicted octanol–water partition coefficient (Wildman–Crippen LogP) is 4.04. The summed E-state index contributed by atoms with van der Waals surface area (Å²) in [5.74, 6) is 0.538. The fourth-order valence-corrected chi connectivity index (χ4v) is 3.53. The smallest absolute Gasteiger partial charge is 0.260 e. The highest BCUT2D eigenvalue weighted by molar-refractivity contribution is 6.05. The summed E-state index contributed by atoms with van der Waals surface area (Å²) in [7, 11) is 0. The zero-order valence-corrected chi connectivity index (χ0v) is 17.1. The van der Waals surface area contributed by atoms with Crippen molar-refractivity contribution >= 4 is 22.6 Å². The lowest BCUT2D eigenvalue weighted by atomic mass is 10.2. The lowest BCUT2D eigenvalue weighted by Crippen LogP contribution is -2.17. The summed E-state index contributed by atoms with van der Waals surface area (Å²) in [6.07, 6.45) is 2.93. The summed E-state index contributed by atoms with van der Waals surface area (Å²) in [6, 6.07) is 23.0. The van der Waals surface area contributed by atoms with E-state index in [2.05, 4.69) is 26.6 Å². The van der Waals surface area contributed by atoms with Gasteiger partial charge in [-0.3, -0.25) is 4.79 Å². The first kappa shape index (κ1) is 19.2. The van der Waals surface area contributed by atoms with Gasteiger partial charge in [0, 0.05) is 5.39 Å². The molecule has 0 bridgehead atoms. The van der Waals surface area contributed by atoms with Gasteiger partial charge in [0.15, 0.2) is 11.6 Å². The molecule has 2 aromatic carbocycles. The largest absolute Gasteiger partial charge is 0.305 e. The van der Waals surface area contributed by atoms with Gasteiger partial charge in [-0.2, -0.15) is 15.5 Å². The molecule has 0 spiro atoms. The van der Waals surface area contributed by atoms with Crippen LogP contribution in [0.3, 0.4) is 0 Å². The second-order valence-corrected chi connectivity index (χ2v) is 7.14. The first-order valence-corrected chi connectivity index (χ1v) is 9.91. The van der Waals surface area contributed by atoms with Crippen molar-refractivity contribution in [3.63, 3.8) is 0 Å². The van der Waals surface area contributed by atoms with Crippen LogP contribution in [0.5, 0.6) is 0 Å². The number of nitrogens with one attached hydrogen (secondary N) is 1. The summed E-state index contributed by atoms with van der Waals surface area (Å²) in [5.41, 5.74) is 2.86. The van der Waals surface area contributed by atoms with Crippen molar-refractivity contribution in [2.24, 2.45) is 0 Å². The number of para-hydroxylation sites is 2. The first-order valence-electron chi connectivity index (χ1n) is 9.91. The van der Waals surface area contributed by atoms with E-state index < -0.39 is 0 Å². The molecular weight excluding hydrogens is 402 g/mol. The van der Waals surface area contributed by atoms with E-state index in [1.165, 1.54) is 17.1 Å². The number of pyridine rings is 1. The van der Waals surface area contributed by atoms with Gasteiger partial charge in [-0.25, -0.2) is 14.3 Å². The molecule has 0 radical (unpaired) electrons. The van der Waals surface area contributed by atoms with Crippen molar-refractivity contribution in [1.29, 1.82) is 5.26 Å². The summed E-state index contributed by atoms with van der Waals surface area (Å²) in [4.78, 5) is 17.8. The number of aromatic nitrogens is 5. The van der Waals surface area contributed by atoms with E-state index >= 15 is 0 Å². The number of nitrogens with zero attached hydrogens (tertiary/aromatic N) is 6. The Kier molecular flexibility index (Phi) is 4.69. The Morgan fingerprint density at radius 3 is 2.50 bits per heavy atom. The summed E-state index contributed by atoms with van der Waals surface area (Å²) in [6.45, 7) is 1.80. The average molecular weight is 419 g/mol. The van der Waals surface area contributed by atoms with E-state index in [4.69, 9.17) is 0 Å². The monoisotopic (exact) mass is 419 g/mol. The maximum Gasteiger partial charge on any atom is 0.260 e. The number of benzene rings is 2. The van der Waals surface area contributed by atoms with Crippen LogP contribution >= 0.6 is 0 Å². The van der Waals surface area contributed by atoms with Crippen molar-refractivity contribution in [3.05, 3.63) is 95.9 Å². The van der Waals surface area contributed by atoms with E-state index in [-0.39, 0.29) is 11.5 Å². The average Bonchev–Trinajstić information content (AvgIpc) is 3.42. The van der Waals surface area contributed by atoms with Gasteiger partial charge in [-0.05, 0) is 37.3 Å². The summed E-state index contributed by atoms with van der Waals surface area (Å²) >= 11 is 0. The van der Waals surface area contributed by atoms with Gasteiger partial charge in [0.25, 0.3) is 5.91 Å². The molecular formula is C24H17N7O. The number of rotatable bonds is 4. The molecule has 0 unspecified atom stereocenters. The maximum atomic E-state index is 13.1. The van der Waals surface area contributed by atoms with E-state index in [1.807, 2.05) is 66.7 Å². The second kappa shape index (κ2) is 7.81. The van der Waals surface area contributed by atoms with Crippen LogP contribution < -0.4 is 5.32 Å². The molecule has 0 fully saturated rings. The molecule has 0 aliphatic rings. The van der Waals surface area contributed by atoms with Gasteiger partial charge < -0.3 is 5.32 Å². The fourth-order valence-electron chi connectivity index (χ4n) is 3.53. The number of amides is 1. The van der Waals surface area contributed by atoms with Gasteiger partial charge >= 0.3 is 0 Å². The highest BCUT2D eigenvalue weighted by Crippen LogP contribution is 2.22. The van der Waals surface area contributed by atoms with Crippen LogP contribution in [0.1, 0.15) is 21.6 Å². The van der Waals surface area contributed by atoms with Crippen LogP contribution in [0.2, 0.25) is 0 Å². The zero-order valence-electron chi connectivity index (χ0n) is 17.1. The van der Waals surface area contributed by atoms with Crippen LogP contribution in [0, 0.1) is 18.3 Å². The minimum absolute atomic E-state index is 0.267. The van der Waals surface area contributed by atoms with Crippen LogP contribution in [-0.2, 0) is 0 Å². The fraction of sp³-hybridized carbons (Fsp3) is 0.0417. The van der Waals surface area contributed by atoms with E-state index in [0.717, 1.165) is 16.6 Å². The molecule has 0 aliphatic carbocycles. The molecule has 3 aromatic heterocycles. The highest BCUT2D eigenvalue weighted by Gasteiger charge is 2.20. The van der Waals surface area contributed by atoms with E-state index in [0.29, 0.717) is 22.9 Å². The van der Waals surface area contributed by atoms with Gasteiger partial charge in [-0.15, -0.1) is 0 Å². The zero-order chi connectivity index (χ0) is 22.1. The lowest BCUT2D eigenvalue weighted by Gasteiger charge is -2.10. The molecule has 0 aliphatic heterocycles. The van der Waals surface area contributed by atoms with Crippen molar-refractivity contribution in [2.45, 2.75) is 6.92 Å². The van der Waals surface area contributed by atoms with Gasteiger partial charge in [0.2, 0.25) is 0 Å². The highest BCUT2D eigenvalue weighted by atomic mass is 16.1. The molecule has 0 saturated carbocycles. The van der Waals surface area contributed by atoms with Crippen LogP contribution in [0.4, 0.5) is 5.82 Å². The van der Waals surface area contributed by atoms with Gasteiger partial charge in [0.1, 0.15) is 11.6 Å². The third-order valence-electron chi connectivity index (χ3n) is 5.18. The van der Waals surface area contributed by atoms with Crippen molar-refractivity contribution < 1.29 is 4.79 Å². The molecule has 0 atom stereocenters. The molecule has 32 heavy (non-hydrogen) atoms. The Morgan fingerprint density at radius 1 is 0.938 bits per heavy atom. The third kappa shape index (κ3) is 3.28. The Morgan fingerprint density at radius 2 is 1.69 bits per heavy atom. The Bertz CT molecular complexity index is 1490. The summed E-state index contributed by atoms with van der Waals surface area (Å²) in [5, 5.41) is 22.0. The quantitative estimate of drug-likeness (QED) is 0.474. The number of nitriles is 1. The SMILES string of the molecule is Cc1c(C(=O)Nc2c(C#N)cnn2-c2ccccc2)cnn1-c1ccc2ccccc2n1. The predicted molar refractivity (Wildman–Crippen MR) is 120 cm³/mol. The van der Waals surface area contributed by atoms with Gasteiger partial charge in [-0.1, -0.05) is 36.4 Å². The lowest BCUT2D eigenvalue weighted by molar-refractivity contribution is 0.102. The number of hydrogen-bond acceptors (Lipinski definition) is 5. The van der Waals surface area contributed by atoms with Crippen molar-refractivity contribution in [1.82, 2.24) is 24.5 Å². The topological polar surface area (TPSA) is 101 Å². The van der Waals surface area contributed by atoms with Crippen LogP contribution in [-0.4, -0.2) is 30.5 Å². The van der Waals surface area contributed by atoms with Crippen LogP contribution in [0.25, 0.3) is 22.4 Å². The Hall–Kier alpha value is -4.77. The molecule has 154 valence electrons. The molecule has 3 heterocycles. The van der Waals surface area contributed by atoms with Crippen molar-refractivity contribution in [2.75, 3.05) is 5.32 Å². The molecule has 1 N–H and O–H groups in total. The number of fused-ring (bicyclic) bond motifs is 1. The van der Waals surface area contributed by atoms with Crippen LogP contribution in [0.15, 0.2) is 79.1 Å². The molecule has 1 amide bonds. The number of carbonyl (C=O) groups excluding carboxylic acids is 1. The summed E-state index contributed by atoms with van der Waals surface area (Å²) < 4.78 is 3.15. The van der Waals surface area contributed by atoms with Crippen molar-refractivity contribution in [3.8, 4) is 17.6 Å². The molecule has 5 aromatic rings. The minimum atomic E-state index is -0.385. The Labute approximate surface area is 183 Å². The maximum absolute atomic E-state index is 13.1. The molecule has 8 heteroatoms. The molecule has 5 rings (SSSR count). The molecule has 8 nitrogen and oxygen atoms in total. The standard InChI is InChI=1S/C24H17N7O/c1-16-20(15-27-30(16)22-12-11-17-7-5-6-10-21(17)28-22)24(32)29-23-18(13-25)14-26-31(23)19-8-3-2-4-9-19/h2-12,14-15H,1H3,(H,29,32). The number of hydrogen-bond donors (Lipinski definition) is 1. The minimum Gasteiger partial charge on any atom is -0.305 e. The normalized spacial score (nSPS) is 10.8. The second-order valence-electron chi connectivity index (χ2n) is 7.14. The van der Waals surface area contributed by atoms with Gasteiger partial charge in [0.05, 0.1) is 34.9 Å². The Balaban J connectivity index is 1.49. The van der Waals surface area contributed by atoms with E-state index in [1.54, 1.807) is 11.6 Å². The third-order valence-corrected chi connectivity index (χ3v) is 5.18. The van der Waals surface area contributed by atoms with E-state index in [9.17, 15) is 10.1 Å². The molecule has 0 saturated heterocycles. The number of anilines is 1. The first-order chi connectivity index (χ1) is 15.7.